The zero-order valence-corrected chi connectivity index (χ0v) is 9.56. The van der Waals surface area contributed by atoms with Crippen molar-refractivity contribution in [3.8, 4) is 0 Å². The van der Waals surface area contributed by atoms with Crippen molar-refractivity contribution in [3.05, 3.63) is 0 Å². The van der Waals surface area contributed by atoms with E-state index in [2.05, 4.69) is 22.6 Å². The maximum atomic E-state index is 10.9. The second kappa shape index (κ2) is 3.60. The summed E-state index contributed by atoms with van der Waals surface area (Å²) in [5.41, 5.74) is 0. The van der Waals surface area contributed by atoms with Crippen molar-refractivity contribution in [3.63, 3.8) is 0 Å². The van der Waals surface area contributed by atoms with Crippen LogP contribution in [0.25, 0.3) is 0 Å². The molecule has 11 heavy (non-hydrogen) atoms. The predicted molar refractivity (Wildman–Crippen MR) is 54.9 cm³/mol. The number of sulfone groups is 1. The predicted octanol–water partition coefficient (Wildman–Crippen LogP) is 1.63. The lowest BCUT2D eigenvalue weighted by atomic mass is 10.1. The minimum absolute atomic E-state index is 0.389. The summed E-state index contributed by atoms with van der Waals surface area (Å²) in [5, 5.41) is 0. The Hall–Kier alpha value is 0.680. The lowest BCUT2D eigenvalue weighted by molar-refractivity contribution is 0.572. The van der Waals surface area contributed by atoms with Gasteiger partial charge in [0.15, 0.2) is 0 Å². The van der Waals surface area contributed by atoms with Crippen molar-refractivity contribution in [1.82, 2.24) is 0 Å². The molecule has 1 fully saturated rings. The zero-order valence-electron chi connectivity index (χ0n) is 6.59. The van der Waals surface area contributed by atoms with Crippen molar-refractivity contribution in [2.24, 2.45) is 5.92 Å². The molecule has 66 valence electrons. The van der Waals surface area contributed by atoms with E-state index in [9.17, 15) is 8.42 Å². The van der Waals surface area contributed by atoms with Gasteiger partial charge < -0.3 is 0 Å². The summed E-state index contributed by atoms with van der Waals surface area (Å²) in [4.78, 5) is 0. The van der Waals surface area contributed by atoms with Crippen LogP contribution in [0.15, 0.2) is 0 Å². The second-order valence-corrected chi connectivity index (χ2v) is 7.08. The molecule has 1 aliphatic rings. The van der Waals surface area contributed by atoms with E-state index in [4.69, 9.17) is 0 Å². The Morgan fingerprint density at radius 3 is 2.45 bits per heavy atom. The Labute approximate surface area is 81.8 Å². The summed E-state index contributed by atoms with van der Waals surface area (Å²) in [7, 11) is -2.75. The average molecular weight is 288 g/mol. The van der Waals surface area contributed by atoms with Crippen LogP contribution < -0.4 is 0 Å². The molecule has 4 heteroatoms. The minimum atomic E-state index is -2.75. The molecule has 0 unspecified atom stereocenters. The van der Waals surface area contributed by atoms with Gasteiger partial charge in [-0.25, -0.2) is 8.42 Å². The van der Waals surface area contributed by atoms with Gasteiger partial charge in [0, 0.05) is 10.2 Å². The van der Waals surface area contributed by atoms with Crippen LogP contribution in [0.3, 0.4) is 0 Å². The molecule has 0 spiro atoms. The molecule has 0 aliphatic heterocycles. The Kier molecular flexibility index (Phi) is 3.19. The van der Waals surface area contributed by atoms with Gasteiger partial charge in [0.25, 0.3) is 0 Å². The van der Waals surface area contributed by atoms with E-state index in [-0.39, 0.29) is 0 Å². The third-order valence-corrected chi connectivity index (χ3v) is 4.76. The molecule has 0 aromatic carbocycles. The smallest absolute Gasteiger partial charge is 0.147 e. The Morgan fingerprint density at radius 1 is 1.45 bits per heavy atom. The van der Waals surface area contributed by atoms with Crippen molar-refractivity contribution >= 4 is 32.4 Å². The summed E-state index contributed by atoms with van der Waals surface area (Å²) < 4.78 is 22.4. The van der Waals surface area contributed by atoms with E-state index in [0.717, 1.165) is 6.42 Å². The summed E-state index contributed by atoms with van der Waals surface area (Å²) in [6.07, 6.45) is 4.82. The van der Waals surface area contributed by atoms with Crippen LogP contribution in [0.5, 0.6) is 0 Å². The summed E-state index contributed by atoms with van der Waals surface area (Å²) in [6.45, 7) is 0. The first kappa shape index (κ1) is 9.77. The lowest BCUT2D eigenvalue weighted by Gasteiger charge is -2.11. The van der Waals surface area contributed by atoms with Crippen LogP contribution in [0.1, 0.15) is 19.3 Å². The van der Waals surface area contributed by atoms with Gasteiger partial charge in [0.1, 0.15) is 9.84 Å². The van der Waals surface area contributed by atoms with Gasteiger partial charge in [-0.3, -0.25) is 0 Å². The molecular formula is C7H13IO2S. The number of hydrogen-bond acceptors (Lipinski definition) is 2. The summed E-state index contributed by atoms with van der Waals surface area (Å²) in [6, 6.07) is 0. The minimum Gasteiger partial charge on any atom is -0.229 e. The largest absolute Gasteiger partial charge is 0.229 e. The molecular weight excluding hydrogens is 275 g/mol. The van der Waals surface area contributed by atoms with Crippen molar-refractivity contribution < 1.29 is 8.42 Å². The molecule has 0 bridgehead atoms. The third kappa shape index (κ3) is 3.27. The third-order valence-electron chi connectivity index (χ3n) is 2.08. The fourth-order valence-corrected chi connectivity index (χ4v) is 4.14. The van der Waals surface area contributed by atoms with E-state index in [0.29, 0.717) is 15.6 Å². The molecule has 1 rings (SSSR count). The molecule has 2 nitrogen and oxygen atoms in total. The van der Waals surface area contributed by atoms with Gasteiger partial charge in [-0.05, 0) is 18.8 Å². The summed E-state index contributed by atoms with van der Waals surface area (Å²) >= 11 is 2.37. The van der Waals surface area contributed by atoms with E-state index in [1.807, 2.05) is 0 Å². The number of halogens is 1. The monoisotopic (exact) mass is 288 g/mol. The van der Waals surface area contributed by atoms with E-state index >= 15 is 0 Å². The first-order valence-corrected chi connectivity index (χ1v) is 7.11. The fourth-order valence-electron chi connectivity index (χ4n) is 1.57. The Balaban J connectivity index is 2.50. The van der Waals surface area contributed by atoms with Gasteiger partial charge in [-0.15, -0.1) is 0 Å². The highest BCUT2D eigenvalue weighted by molar-refractivity contribution is 14.1. The Bertz CT molecular complexity index is 223. The number of rotatable bonds is 2. The highest BCUT2D eigenvalue weighted by Crippen LogP contribution is 2.32. The SMILES string of the molecule is CS(=O)(=O)C[C@@H]1CCC[C@H]1I. The molecule has 0 N–H and O–H groups in total. The molecule has 0 aromatic heterocycles. The van der Waals surface area contributed by atoms with Crippen molar-refractivity contribution in [2.75, 3.05) is 12.0 Å². The quantitative estimate of drug-likeness (QED) is 0.572. The second-order valence-electron chi connectivity index (χ2n) is 3.30. The molecule has 2 atom stereocenters. The average Bonchev–Trinajstić information content (AvgIpc) is 2.12. The van der Waals surface area contributed by atoms with Crippen LogP contribution in [-0.2, 0) is 9.84 Å². The van der Waals surface area contributed by atoms with Crippen LogP contribution >= 0.6 is 22.6 Å². The molecule has 0 aromatic rings. The molecule has 0 amide bonds. The van der Waals surface area contributed by atoms with E-state index in [1.54, 1.807) is 0 Å². The van der Waals surface area contributed by atoms with E-state index < -0.39 is 9.84 Å². The topological polar surface area (TPSA) is 34.1 Å². The maximum absolute atomic E-state index is 10.9. The first-order chi connectivity index (χ1) is 4.99. The summed E-state index contributed by atoms with van der Waals surface area (Å²) in [5.74, 6) is 0.811. The molecule has 0 saturated heterocycles. The molecule has 0 radical (unpaired) electrons. The van der Waals surface area contributed by atoms with Gasteiger partial charge in [-0.1, -0.05) is 29.0 Å². The van der Waals surface area contributed by atoms with Crippen molar-refractivity contribution in [1.29, 1.82) is 0 Å². The van der Waals surface area contributed by atoms with Gasteiger partial charge >= 0.3 is 0 Å². The molecule has 0 heterocycles. The van der Waals surface area contributed by atoms with Crippen molar-refractivity contribution in [2.45, 2.75) is 23.2 Å². The van der Waals surface area contributed by atoms with E-state index in [1.165, 1.54) is 19.1 Å². The number of hydrogen-bond donors (Lipinski definition) is 0. The van der Waals surface area contributed by atoms with Crippen LogP contribution in [-0.4, -0.2) is 24.4 Å². The van der Waals surface area contributed by atoms with Gasteiger partial charge in [0.05, 0.1) is 5.75 Å². The highest BCUT2D eigenvalue weighted by Gasteiger charge is 2.27. The standard InChI is InChI=1S/C7H13IO2S/c1-11(9,10)5-6-3-2-4-7(6)8/h6-7H,2-5H2,1H3/t6-,7+/m0/s1. The molecule has 1 saturated carbocycles. The van der Waals surface area contributed by atoms with Gasteiger partial charge in [0.2, 0.25) is 0 Å². The van der Waals surface area contributed by atoms with Crippen LogP contribution in [0.2, 0.25) is 0 Å². The lowest BCUT2D eigenvalue weighted by Crippen LogP contribution is -2.18. The molecule has 1 aliphatic carbocycles. The highest BCUT2D eigenvalue weighted by atomic mass is 127. The van der Waals surface area contributed by atoms with Gasteiger partial charge in [-0.2, -0.15) is 0 Å². The zero-order chi connectivity index (χ0) is 8.48. The van der Waals surface area contributed by atoms with Crippen LogP contribution in [0, 0.1) is 5.92 Å². The maximum Gasteiger partial charge on any atom is 0.147 e. The fraction of sp³-hybridized carbons (Fsp3) is 1.00. The normalized spacial score (nSPS) is 32.5. The number of alkyl halides is 1. The first-order valence-electron chi connectivity index (χ1n) is 3.81. The van der Waals surface area contributed by atoms with Crippen LogP contribution in [0.4, 0.5) is 0 Å². The Morgan fingerprint density at radius 2 is 2.09 bits per heavy atom.